The average Bonchev–Trinajstić information content (AvgIpc) is 1.53. The first-order chi connectivity index (χ1) is 48.3. The minimum atomic E-state index is -1.50. The largest absolute Gasteiger partial charge is 0.489 e. The maximum absolute atomic E-state index is 10.0. The molecule has 0 aliphatic heterocycles. The predicted molar refractivity (Wildman–Crippen MR) is 407 cm³/mol. The molecular weight excluding hydrogens is 1260 g/mol. The SMILES string of the molecule is N#Cc1ccc2c(c1)C(c1ccccc1)(c1ccccc1)c1cc(-c3c4ccccc4c(-c4ccccc4)c4ccccc34)ccc1-2.N#Cc1ccc2c(c1)C(c1ccccc1)(c1ccccc1)c1cc(Br)ccc1-2.OB(O)c1c2ccccc2c(-c2ccccc2)c2ccccc12. The van der Waals surface area contributed by atoms with Crippen LogP contribution in [0.4, 0.5) is 0 Å². The van der Waals surface area contributed by atoms with Gasteiger partial charge in [0, 0.05) is 4.47 Å². The molecule has 0 atom stereocenters. The molecule has 0 bridgehead atoms. The summed E-state index contributed by atoms with van der Waals surface area (Å²) in [5.41, 5.74) is 22.4. The monoisotopic (exact) mass is 1310 g/mol. The van der Waals surface area contributed by atoms with E-state index in [0.717, 1.165) is 48.3 Å². The molecule has 0 heterocycles. The smallest absolute Gasteiger partial charge is 0.423 e. The number of fused-ring (bicyclic) bond motifs is 10. The second-order valence-corrected chi connectivity index (χ2v) is 25.9. The first kappa shape index (κ1) is 60.9. The quantitative estimate of drug-likeness (QED) is 0.117. The standard InChI is InChI=1S/C46H29N.C26H16BrN.C20H15BO2/c47-30-31-24-26-36-37-27-25-33(29-43(37)46(42(36)28-31,34-16-6-2-7-17-34)35-18-8-3-9-19-35)45-40-22-12-10-20-38(40)44(32-14-4-1-5-15-32)39-21-11-13-23-41(39)45;27-21-12-14-23-22-13-11-18(17-28)15-24(22)26(25(23)16-21,19-7-3-1-4-8-19)20-9-5-2-6-10-20;22-21(23)20-17-12-6-4-10-15(17)19(14-8-2-1-3-9-14)16-11-5-7-13-18(16)20/h1-29H;1-16H;1-13,22-23H. The van der Waals surface area contributed by atoms with Crippen LogP contribution in [-0.2, 0) is 10.8 Å². The Bertz CT molecular complexity index is 5620. The Morgan fingerprint density at radius 3 is 0.867 bits per heavy atom. The summed E-state index contributed by atoms with van der Waals surface area (Å²) in [5.74, 6) is 0. The molecule has 2 aliphatic rings. The second kappa shape index (κ2) is 25.6. The molecule has 0 saturated heterocycles. The fraction of sp³-hybridized carbons (Fsp3) is 0.0217. The van der Waals surface area contributed by atoms with Gasteiger partial charge in [0.05, 0.1) is 34.1 Å². The Kier molecular flexibility index (Phi) is 15.9. The lowest BCUT2D eigenvalue weighted by molar-refractivity contribution is 0.426. The van der Waals surface area contributed by atoms with E-state index in [-0.39, 0.29) is 0 Å². The maximum atomic E-state index is 10.0. The van der Waals surface area contributed by atoms with Crippen molar-refractivity contribution >= 4 is 71.6 Å². The third kappa shape index (κ3) is 10.0. The highest BCUT2D eigenvalue weighted by molar-refractivity contribution is 9.10. The van der Waals surface area contributed by atoms with Crippen LogP contribution in [0, 0.1) is 22.7 Å². The molecule has 16 aromatic rings. The van der Waals surface area contributed by atoms with Crippen LogP contribution in [0.2, 0.25) is 0 Å². The van der Waals surface area contributed by atoms with E-state index >= 15 is 0 Å². The molecule has 98 heavy (non-hydrogen) atoms. The van der Waals surface area contributed by atoms with Gasteiger partial charge in [-0.25, -0.2) is 0 Å². The van der Waals surface area contributed by atoms with Crippen LogP contribution in [0.3, 0.4) is 0 Å². The summed E-state index contributed by atoms with van der Waals surface area (Å²) >= 11 is 3.68. The number of halogens is 1. The Morgan fingerprint density at radius 1 is 0.265 bits per heavy atom. The van der Waals surface area contributed by atoms with Gasteiger partial charge in [0.25, 0.3) is 0 Å². The van der Waals surface area contributed by atoms with Crippen molar-refractivity contribution in [2.75, 3.05) is 0 Å². The van der Waals surface area contributed by atoms with Gasteiger partial charge in [-0.3, -0.25) is 0 Å². The van der Waals surface area contributed by atoms with Crippen LogP contribution in [0.15, 0.2) is 356 Å². The van der Waals surface area contributed by atoms with Crippen LogP contribution in [0.25, 0.3) is 98.7 Å². The predicted octanol–water partition coefficient (Wildman–Crippen LogP) is 21.6. The van der Waals surface area contributed by atoms with Crippen molar-refractivity contribution < 1.29 is 10.0 Å². The Labute approximate surface area is 578 Å². The van der Waals surface area contributed by atoms with Gasteiger partial charge in [-0.05, 0) is 191 Å². The van der Waals surface area contributed by atoms with E-state index in [1.165, 1.54) is 99.4 Å². The minimum Gasteiger partial charge on any atom is -0.423 e. The lowest BCUT2D eigenvalue weighted by atomic mass is 9.67. The second-order valence-electron chi connectivity index (χ2n) is 25.0. The van der Waals surface area contributed by atoms with Gasteiger partial charge in [-0.2, -0.15) is 10.5 Å². The van der Waals surface area contributed by atoms with Crippen LogP contribution >= 0.6 is 15.9 Å². The normalized spacial score (nSPS) is 12.6. The van der Waals surface area contributed by atoms with Crippen molar-refractivity contribution in [1.29, 1.82) is 10.5 Å². The van der Waals surface area contributed by atoms with Gasteiger partial charge in [-0.1, -0.05) is 325 Å². The van der Waals surface area contributed by atoms with Crippen molar-refractivity contribution in [1.82, 2.24) is 0 Å². The molecule has 0 unspecified atom stereocenters. The number of hydrogen-bond donors (Lipinski definition) is 2. The molecule has 2 N–H and O–H groups in total. The summed E-state index contributed by atoms with van der Waals surface area (Å²) < 4.78 is 1.05. The Morgan fingerprint density at radius 2 is 0.531 bits per heavy atom. The summed E-state index contributed by atoms with van der Waals surface area (Å²) in [7, 11) is -1.50. The van der Waals surface area contributed by atoms with E-state index in [0.29, 0.717) is 16.6 Å². The molecule has 4 nitrogen and oxygen atoms in total. The molecule has 6 heteroatoms. The van der Waals surface area contributed by atoms with Crippen molar-refractivity contribution in [3.05, 3.63) is 412 Å². The number of nitrogens with zero attached hydrogens (tertiary/aromatic N) is 2. The summed E-state index contributed by atoms with van der Waals surface area (Å²) in [6, 6.07) is 128. The fourth-order valence-corrected chi connectivity index (χ4v) is 16.3. The van der Waals surface area contributed by atoms with Gasteiger partial charge < -0.3 is 10.0 Å². The number of nitriles is 2. The molecule has 2 aliphatic carbocycles. The van der Waals surface area contributed by atoms with Gasteiger partial charge in [0.2, 0.25) is 0 Å². The number of hydrogen-bond acceptors (Lipinski definition) is 4. The van der Waals surface area contributed by atoms with E-state index in [1.54, 1.807) is 0 Å². The summed E-state index contributed by atoms with van der Waals surface area (Å²) in [5, 5.41) is 48.3. The van der Waals surface area contributed by atoms with Crippen LogP contribution < -0.4 is 5.46 Å². The molecule has 0 aromatic heterocycles. The zero-order valence-corrected chi connectivity index (χ0v) is 54.8. The van der Waals surface area contributed by atoms with Crippen LogP contribution in [0.1, 0.15) is 55.6 Å². The lowest BCUT2D eigenvalue weighted by Gasteiger charge is -2.34. The summed E-state index contributed by atoms with van der Waals surface area (Å²) in [6.45, 7) is 0. The molecular formula is C92H60BBrN2O2. The van der Waals surface area contributed by atoms with Crippen LogP contribution in [-0.4, -0.2) is 17.2 Å². The first-order valence-corrected chi connectivity index (χ1v) is 33.7. The number of rotatable bonds is 8. The Hall–Kier alpha value is -12.0. The van der Waals surface area contributed by atoms with E-state index in [9.17, 15) is 20.6 Å². The highest BCUT2D eigenvalue weighted by atomic mass is 79.9. The fourth-order valence-electron chi connectivity index (χ4n) is 16.0. The number of benzene rings is 16. The summed E-state index contributed by atoms with van der Waals surface area (Å²) in [6.07, 6.45) is 0. The van der Waals surface area contributed by atoms with E-state index in [1.807, 2.05) is 91.0 Å². The molecule has 16 aromatic carbocycles. The van der Waals surface area contributed by atoms with Crippen molar-refractivity contribution in [3.63, 3.8) is 0 Å². The summed E-state index contributed by atoms with van der Waals surface area (Å²) in [4.78, 5) is 0. The minimum absolute atomic E-state index is 0.455. The maximum Gasteiger partial charge on any atom is 0.489 e. The third-order valence-corrected chi connectivity index (χ3v) is 20.4. The average molecular weight is 1320 g/mol. The first-order valence-electron chi connectivity index (χ1n) is 32.9. The molecule has 460 valence electrons. The topological polar surface area (TPSA) is 88.0 Å². The van der Waals surface area contributed by atoms with Gasteiger partial charge >= 0.3 is 7.12 Å². The molecule has 0 spiro atoms. The molecule has 0 fully saturated rings. The van der Waals surface area contributed by atoms with E-state index in [4.69, 9.17) is 0 Å². The third-order valence-electron chi connectivity index (χ3n) is 19.9. The highest BCUT2D eigenvalue weighted by Gasteiger charge is 2.48. The lowest BCUT2D eigenvalue weighted by Crippen LogP contribution is -2.31. The van der Waals surface area contributed by atoms with E-state index in [2.05, 4.69) is 289 Å². The zero-order valence-electron chi connectivity index (χ0n) is 53.2. The zero-order chi connectivity index (χ0) is 66.3. The molecule has 0 amide bonds. The molecule has 0 saturated carbocycles. The van der Waals surface area contributed by atoms with E-state index < -0.39 is 17.9 Å². The molecule has 0 radical (unpaired) electrons. The highest BCUT2D eigenvalue weighted by Crippen LogP contribution is 2.59. The van der Waals surface area contributed by atoms with Crippen molar-refractivity contribution in [2.45, 2.75) is 10.8 Å². The Balaban J connectivity index is 0.000000125. The molecule has 18 rings (SSSR count). The van der Waals surface area contributed by atoms with Crippen LogP contribution in [0.5, 0.6) is 0 Å². The van der Waals surface area contributed by atoms with Crippen molar-refractivity contribution in [3.8, 4) is 67.8 Å². The van der Waals surface area contributed by atoms with Crippen molar-refractivity contribution in [2.24, 2.45) is 0 Å². The van der Waals surface area contributed by atoms with Gasteiger partial charge in [-0.15, -0.1) is 0 Å². The van der Waals surface area contributed by atoms with Gasteiger partial charge in [0.15, 0.2) is 0 Å². The van der Waals surface area contributed by atoms with Gasteiger partial charge in [0.1, 0.15) is 0 Å².